The van der Waals surface area contributed by atoms with E-state index in [2.05, 4.69) is 0 Å². The molecule has 0 saturated carbocycles. The maximum Gasteiger partial charge on any atom is 0.412 e. The number of ether oxygens (including phenoxy) is 1. The Morgan fingerprint density at radius 3 is 2.38 bits per heavy atom. The van der Waals surface area contributed by atoms with Gasteiger partial charge in [0.25, 0.3) is 0 Å². The monoisotopic (exact) mass is 307 g/mol. The number of amides is 1. The second-order valence-electron chi connectivity index (χ2n) is 4.54. The maximum absolute atomic E-state index is 13.0. The molecule has 0 fully saturated rings. The van der Waals surface area contributed by atoms with E-state index in [9.17, 15) is 22.4 Å². The first-order valence-corrected chi connectivity index (χ1v) is 6.45. The predicted molar refractivity (Wildman–Crippen MR) is 69.1 cm³/mol. The lowest BCUT2D eigenvalue weighted by atomic mass is 10.1. The lowest BCUT2D eigenvalue weighted by Crippen LogP contribution is -2.38. The van der Waals surface area contributed by atoms with E-state index in [-0.39, 0.29) is 12.0 Å². The fraction of sp³-hybridized carbons (Fsp3) is 0.500. The molecule has 21 heavy (non-hydrogen) atoms. The number of nitrogens with one attached hydrogen (secondary N) is 1. The number of unbranched alkanes of at least 4 members (excludes halogenated alkanes) is 1. The first-order chi connectivity index (χ1) is 9.84. The minimum absolute atomic E-state index is 0.0167. The van der Waals surface area contributed by atoms with Crippen LogP contribution in [-0.2, 0) is 9.53 Å². The third-order valence-electron chi connectivity index (χ3n) is 2.84. The molecule has 7 heteroatoms. The van der Waals surface area contributed by atoms with Crippen molar-refractivity contribution in [2.75, 3.05) is 13.7 Å². The van der Waals surface area contributed by atoms with E-state index < -0.39 is 23.9 Å². The number of alkyl halides is 3. The van der Waals surface area contributed by atoms with Crippen LogP contribution in [0.25, 0.3) is 0 Å². The number of benzene rings is 1. The first kappa shape index (κ1) is 17.4. The van der Waals surface area contributed by atoms with Crippen LogP contribution in [0.1, 0.15) is 30.9 Å². The van der Waals surface area contributed by atoms with Gasteiger partial charge in [-0.05, 0) is 30.5 Å². The molecule has 0 radical (unpaired) electrons. The van der Waals surface area contributed by atoms with Crippen LogP contribution in [0.4, 0.5) is 17.6 Å². The van der Waals surface area contributed by atoms with E-state index in [4.69, 9.17) is 4.74 Å². The molecule has 0 bridgehead atoms. The maximum atomic E-state index is 13.0. The lowest BCUT2D eigenvalue weighted by Gasteiger charge is -2.22. The molecule has 0 aliphatic rings. The van der Waals surface area contributed by atoms with Crippen molar-refractivity contribution in [2.45, 2.75) is 31.5 Å². The normalized spacial score (nSPS) is 13.0. The highest BCUT2D eigenvalue weighted by atomic mass is 19.4. The van der Waals surface area contributed by atoms with E-state index in [0.717, 1.165) is 24.3 Å². The third-order valence-corrected chi connectivity index (χ3v) is 2.84. The number of methoxy groups -OCH3 is 1. The molecule has 0 aromatic heterocycles. The number of halogens is 4. The second kappa shape index (κ2) is 7.97. The largest absolute Gasteiger partial charge is 0.412 e. The quantitative estimate of drug-likeness (QED) is 0.619. The van der Waals surface area contributed by atoms with E-state index in [0.29, 0.717) is 19.4 Å². The van der Waals surface area contributed by atoms with Gasteiger partial charge in [0.05, 0.1) is 0 Å². The van der Waals surface area contributed by atoms with Gasteiger partial charge in [0.1, 0.15) is 5.82 Å². The SMILES string of the molecule is COCCCCC(=O)NC(c1ccc(F)cc1)C(F)(F)F. The van der Waals surface area contributed by atoms with E-state index in [1.807, 2.05) is 5.32 Å². The second-order valence-corrected chi connectivity index (χ2v) is 4.54. The predicted octanol–water partition coefficient (Wildman–Crippen LogP) is 3.36. The fourth-order valence-electron chi connectivity index (χ4n) is 1.77. The third kappa shape index (κ3) is 6.12. The summed E-state index contributed by atoms with van der Waals surface area (Å²) in [4.78, 5) is 11.6. The van der Waals surface area contributed by atoms with E-state index in [1.54, 1.807) is 0 Å². The zero-order valence-corrected chi connectivity index (χ0v) is 11.5. The summed E-state index contributed by atoms with van der Waals surface area (Å²) in [5.41, 5.74) is -0.200. The fourth-order valence-corrected chi connectivity index (χ4v) is 1.77. The van der Waals surface area contributed by atoms with Crippen LogP contribution in [0.3, 0.4) is 0 Å². The molecule has 1 amide bonds. The van der Waals surface area contributed by atoms with Crippen molar-refractivity contribution in [3.8, 4) is 0 Å². The van der Waals surface area contributed by atoms with Crippen LogP contribution >= 0.6 is 0 Å². The molecule has 1 unspecified atom stereocenters. The number of carbonyl (C=O) groups excluding carboxylic acids is 1. The molecule has 3 nitrogen and oxygen atoms in total. The van der Waals surface area contributed by atoms with Crippen molar-refractivity contribution in [3.63, 3.8) is 0 Å². The average Bonchev–Trinajstić information content (AvgIpc) is 2.41. The summed E-state index contributed by atoms with van der Waals surface area (Å²) in [7, 11) is 1.51. The molecule has 1 aromatic rings. The van der Waals surface area contributed by atoms with E-state index in [1.165, 1.54) is 7.11 Å². The minimum Gasteiger partial charge on any atom is -0.385 e. The highest BCUT2D eigenvalue weighted by Gasteiger charge is 2.41. The van der Waals surface area contributed by atoms with Crippen LogP contribution in [0.2, 0.25) is 0 Å². The zero-order valence-electron chi connectivity index (χ0n) is 11.5. The summed E-state index contributed by atoms with van der Waals surface area (Å²) >= 11 is 0. The van der Waals surface area contributed by atoms with Gasteiger partial charge in [-0.15, -0.1) is 0 Å². The van der Waals surface area contributed by atoms with Crippen molar-refractivity contribution in [1.29, 1.82) is 0 Å². The highest BCUT2D eigenvalue weighted by Crippen LogP contribution is 2.32. The van der Waals surface area contributed by atoms with Gasteiger partial charge in [0, 0.05) is 20.1 Å². The molecule has 1 atom stereocenters. The molecule has 1 rings (SSSR count). The number of rotatable bonds is 7. The molecular formula is C14H17F4NO2. The number of carbonyl (C=O) groups is 1. The summed E-state index contributed by atoms with van der Waals surface area (Å²) in [5, 5.41) is 1.94. The summed E-state index contributed by atoms with van der Waals surface area (Å²) < 4.78 is 56.5. The Morgan fingerprint density at radius 1 is 1.24 bits per heavy atom. The zero-order chi connectivity index (χ0) is 15.9. The van der Waals surface area contributed by atoms with Crippen molar-refractivity contribution >= 4 is 5.91 Å². The Labute approximate surface area is 120 Å². The van der Waals surface area contributed by atoms with Crippen molar-refractivity contribution in [2.24, 2.45) is 0 Å². The standard InChI is InChI=1S/C14H17F4NO2/c1-21-9-3-2-4-12(20)19-13(14(16,17)18)10-5-7-11(15)8-6-10/h5-8,13H,2-4,9H2,1H3,(H,19,20). The topological polar surface area (TPSA) is 38.3 Å². The van der Waals surface area contributed by atoms with Gasteiger partial charge in [-0.1, -0.05) is 12.1 Å². The van der Waals surface area contributed by atoms with Gasteiger partial charge in [-0.25, -0.2) is 4.39 Å². The van der Waals surface area contributed by atoms with Crippen molar-refractivity contribution < 1.29 is 27.1 Å². The van der Waals surface area contributed by atoms with Gasteiger partial charge in [-0.3, -0.25) is 4.79 Å². The van der Waals surface area contributed by atoms with Crippen LogP contribution in [0, 0.1) is 5.82 Å². The van der Waals surface area contributed by atoms with Crippen molar-refractivity contribution in [1.82, 2.24) is 5.32 Å². The molecule has 0 heterocycles. The van der Waals surface area contributed by atoms with Crippen molar-refractivity contribution in [3.05, 3.63) is 35.6 Å². The van der Waals surface area contributed by atoms with E-state index >= 15 is 0 Å². The van der Waals surface area contributed by atoms with Gasteiger partial charge in [0.15, 0.2) is 6.04 Å². The van der Waals surface area contributed by atoms with Crippen LogP contribution in [0.5, 0.6) is 0 Å². The lowest BCUT2D eigenvalue weighted by molar-refractivity contribution is -0.163. The molecule has 0 spiro atoms. The Bertz CT molecular complexity index is 445. The molecule has 1 aromatic carbocycles. The Kier molecular flexibility index (Phi) is 6.61. The Hall–Kier alpha value is -1.63. The summed E-state index contributed by atoms with van der Waals surface area (Å²) in [6.07, 6.45) is -3.62. The van der Waals surface area contributed by atoms with Crippen LogP contribution < -0.4 is 5.32 Å². The van der Waals surface area contributed by atoms with Crippen LogP contribution in [0.15, 0.2) is 24.3 Å². The average molecular weight is 307 g/mol. The Balaban J connectivity index is 2.67. The first-order valence-electron chi connectivity index (χ1n) is 6.45. The summed E-state index contributed by atoms with van der Waals surface area (Å²) in [6.45, 7) is 0.452. The van der Waals surface area contributed by atoms with Gasteiger partial charge >= 0.3 is 6.18 Å². The minimum atomic E-state index is -4.64. The summed E-state index contributed by atoms with van der Waals surface area (Å²) in [5.74, 6) is -1.33. The van der Waals surface area contributed by atoms with Gasteiger partial charge in [0.2, 0.25) is 5.91 Å². The number of hydrogen-bond donors (Lipinski definition) is 1. The Morgan fingerprint density at radius 2 is 1.86 bits per heavy atom. The van der Waals surface area contributed by atoms with Gasteiger partial charge in [-0.2, -0.15) is 13.2 Å². The smallest absolute Gasteiger partial charge is 0.385 e. The molecular weight excluding hydrogens is 290 g/mol. The highest BCUT2D eigenvalue weighted by molar-refractivity contribution is 5.76. The molecule has 0 aliphatic carbocycles. The molecule has 0 saturated heterocycles. The summed E-state index contributed by atoms with van der Waals surface area (Å²) in [6, 6.07) is 1.75. The molecule has 118 valence electrons. The molecule has 0 aliphatic heterocycles. The van der Waals surface area contributed by atoms with Gasteiger partial charge < -0.3 is 10.1 Å². The number of hydrogen-bond acceptors (Lipinski definition) is 2. The van der Waals surface area contributed by atoms with Crippen LogP contribution in [-0.4, -0.2) is 25.8 Å². The molecule has 1 N–H and O–H groups in total.